The molecular weight excluding hydrogens is 318 g/mol. The Kier molecular flexibility index (Phi) is 4.02. The van der Waals surface area contributed by atoms with Crippen molar-refractivity contribution >= 4 is 5.65 Å². The number of rotatable bonds is 3. The van der Waals surface area contributed by atoms with Gasteiger partial charge >= 0.3 is 0 Å². The summed E-state index contributed by atoms with van der Waals surface area (Å²) in [5.41, 5.74) is 7.19. The molecule has 0 saturated carbocycles. The zero-order valence-corrected chi connectivity index (χ0v) is 14.8. The number of aryl methyl sites for hydroxylation is 1. The first-order valence-corrected chi connectivity index (χ1v) is 8.72. The maximum atomic E-state index is 9.53. The van der Waals surface area contributed by atoms with Crippen LogP contribution in [0.25, 0.3) is 28.0 Å². The quantitative estimate of drug-likeness (QED) is 0.488. The molecule has 3 heteroatoms. The molecule has 0 N–H and O–H groups in total. The van der Waals surface area contributed by atoms with Gasteiger partial charge in [0.15, 0.2) is 0 Å². The van der Waals surface area contributed by atoms with Gasteiger partial charge < -0.3 is 0 Å². The highest BCUT2D eigenvalue weighted by Crippen LogP contribution is 2.32. The Hall–Kier alpha value is -3.38. The Morgan fingerprint density at radius 1 is 0.846 bits per heavy atom. The number of hydrogen-bond acceptors (Lipinski definition) is 2. The van der Waals surface area contributed by atoms with Crippen LogP contribution in [0.2, 0.25) is 0 Å². The summed E-state index contributed by atoms with van der Waals surface area (Å²) >= 11 is 0. The summed E-state index contributed by atoms with van der Waals surface area (Å²) in [5.74, 6) is -0.241. The summed E-state index contributed by atoms with van der Waals surface area (Å²) in [5, 5.41) is 9.53. The van der Waals surface area contributed by atoms with E-state index >= 15 is 0 Å². The molecule has 2 aromatic carbocycles. The third-order valence-corrected chi connectivity index (χ3v) is 4.74. The molecule has 0 bridgehead atoms. The van der Waals surface area contributed by atoms with E-state index in [0.717, 1.165) is 28.3 Å². The first kappa shape index (κ1) is 16.1. The van der Waals surface area contributed by atoms with Gasteiger partial charge in [0, 0.05) is 11.3 Å². The maximum absolute atomic E-state index is 9.53. The molecule has 0 amide bonds. The van der Waals surface area contributed by atoms with Crippen molar-refractivity contribution in [2.24, 2.45) is 0 Å². The number of imidazole rings is 1. The lowest BCUT2D eigenvalue weighted by Crippen LogP contribution is -2.01. The van der Waals surface area contributed by atoms with E-state index in [0.29, 0.717) is 0 Å². The summed E-state index contributed by atoms with van der Waals surface area (Å²) in [6.07, 6.45) is 0. The van der Waals surface area contributed by atoms with Crippen molar-refractivity contribution in [1.29, 1.82) is 5.26 Å². The fourth-order valence-corrected chi connectivity index (χ4v) is 3.41. The van der Waals surface area contributed by atoms with Crippen LogP contribution in [0.3, 0.4) is 0 Å². The predicted octanol–water partition coefficient (Wildman–Crippen LogP) is 5.60. The summed E-state index contributed by atoms with van der Waals surface area (Å²) in [7, 11) is 0. The van der Waals surface area contributed by atoms with Crippen molar-refractivity contribution in [1.82, 2.24) is 9.38 Å². The van der Waals surface area contributed by atoms with E-state index in [1.165, 1.54) is 11.1 Å². The minimum atomic E-state index is -0.241. The van der Waals surface area contributed by atoms with Gasteiger partial charge in [-0.1, -0.05) is 60.7 Å². The molecule has 0 radical (unpaired) electrons. The standard InChI is InChI=1S/C23H19N3/c1-16(15-24)23-22(25-21-10-6-7-17(2)26(21)23)20-13-11-19(12-14-20)18-8-4-3-5-9-18/h3-14,16H,1-2H3. The minimum Gasteiger partial charge on any atom is -0.299 e. The summed E-state index contributed by atoms with van der Waals surface area (Å²) < 4.78 is 2.09. The van der Waals surface area contributed by atoms with Crippen LogP contribution in [0.5, 0.6) is 0 Å². The lowest BCUT2D eigenvalue weighted by Gasteiger charge is -2.09. The number of nitriles is 1. The number of pyridine rings is 1. The monoisotopic (exact) mass is 337 g/mol. The third kappa shape index (κ3) is 2.66. The van der Waals surface area contributed by atoms with Crippen LogP contribution in [0.1, 0.15) is 24.2 Å². The highest BCUT2D eigenvalue weighted by molar-refractivity contribution is 5.72. The molecule has 0 aliphatic rings. The molecule has 26 heavy (non-hydrogen) atoms. The second kappa shape index (κ2) is 6.50. The van der Waals surface area contributed by atoms with Gasteiger partial charge in [0.1, 0.15) is 5.65 Å². The zero-order valence-electron chi connectivity index (χ0n) is 14.8. The highest BCUT2D eigenvalue weighted by Gasteiger charge is 2.20. The van der Waals surface area contributed by atoms with Crippen LogP contribution in [0, 0.1) is 18.3 Å². The Labute approximate surface area is 153 Å². The number of hydrogen-bond donors (Lipinski definition) is 0. The van der Waals surface area contributed by atoms with Gasteiger partial charge in [-0.25, -0.2) is 4.98 Å². The molecule has 0 fully saturated rings. The summed E-state index contributed by atoms with van der Waals surface area (Å²) in [4.78, 5) is 4.83. The Balaban J connectivity index is 1.87. The topological polar surface area (TPSA) is 41.1 Å². The summed E-state index contributed by atoms with van der Waals surface area (Å²) in [6.45, 7) is 3.97. The van der Waals surface area contributed by atoms with Crippen LogP contribution in [-0.4, -0.2) is 9.38 Å². The molecular formula is C23H19N3. The first-order chi connectivity index (χ1) is 12.7. The third-order valence-electron chi connectivity index (χ3n) is 4.74. The van der Waals surface area contributed by atoms with Crippen molar-refractivity contribution in [3.63, 3.8) is 0 Å². The molecule has 2 aromatic heterocycles. The fourth-order valence-electron chi connectivity index (χ4n) is 3.41. The molecule has 2 heterocycles. The van der Waals surface area contributed by atoms with Gasteiger partial charge in [-0.05, 0) is 37.1 Å². The normalized spacial score (nSPS) is 12.0. The maximum Gasteiger partial charge on any atom is 0.137 e. The van der Waals surface area contributed by atoms with Crippen LogP contribution in [0.4, 0.5) is 0 Å². The minimum absolute atomic E-state index is 0.241. The van der Waals surface area contributed by atoms with Gasteiger partial charge in [-0.3, -0.25) is 4.40 Å². The van der Waals surface area contributed by atoms with E-state index in [1.807, 2.05) is 50.2 Å². The van der Waals surface area contributed by atoms with Crippen molar-refractivity contribution in [3.05, 3.63) is 84.2 Å². The van der Waals surface area contributed by atoms with Gasteiger partial charge in [-0.15, -0.1) is 0 Å². The zero-order chi connectivity index (χ0) is 18.1. The number of benzene rings is 2. The van der Waals surface area contributed by atoms with Crippen LogP contribution >= 0.6 is 0 Å². The lowest BCUT2D eigenvalue weighted by molar-refractivity contribution is 0.882. The largest absolute Gasteiger partial charge is 0.299 e. The number of fused-ring (bicyclic) bond motifs is 1. The molecule has 4 rings (SSSR count). The van der Waals surface area contributed by atoms with Gasteiger partial charge in [-0.2, -0.15) is 5.26 Å². The van der Waals surface area contributed by atoms with Crippen LogP contribution in [0.15, 0.2) is 72.8 Å². The average Bonchev–Trinajstić information content (AvgIpc) is 3.09. The molecule has 3 nitrogen and oxygen atoms in total. The highest BCUT2D eigenvalue weighted by atomic mass is 15.0. The van der Waals surface area contributed by atoms with Crippen molar-refractivity contribution in [2.75, 3.05) is 0 Å². The van der Waals surface area contributed by atoms with Crippen molar-refractivity contribution < 1.29 is 0 Å². The van der Waals surface area contributed by atoms with E-state index in [9.17, 15) is 5.26 Å². The van der Waals surface area contributed by atoms with E-state index in [2.05, 4.69) is 46.9 Å². The molecule has 0 aliphatic heterocycles. The SMILES string of the molecule is Cc1cccc2nc(-c3ccc(-c4ccccc4)cc3)c(C(C)C#N)n12. The average molecular weight is 337 g/mol. The van der Waals surface area contributed by atoms with Crippen LogP contribution < -0.4 is 0 Å². The molecule has 0 aliphatic carbocycles. The van der Waals surface area contributed by atoms with Crippen LogP contribution in [-0.2, 0) is 0 Å². The lowest BCUT2D eigenvalue weighted by atomic mass is 9.99. The second-order valence-corrected chi connectivity index (χ2v) is 6.50. The predicted molar refractivity (Wildman–Crippen MR) is 105 cm³/mol. The van der Waals surface area contributed by atoms with Gasteiger partial charge in [0.25, 0.3) is 0 Å². The van der Waals surface area contributed by atoms with E-state index in [-0.39, 0.29) is 5.92 Å². The van der Waals surface area contributed by atoms with E-state index in [1.54, 1.807) is 0 Å². The molecule has 0 saturated heterocycles. The Morgan fingerprint density at radius 2 is 1.50 bits per heavy atom. The van der Waals surface area contributed by atoms with Gasteiger partial charge in [0.2, 0.25) is 0 Å². The Morgan fingerprint density at radius 3 is 2.19 bits per heavy atom. The van der Waals surface area contributed by atoms with Crippen molar-refractivity contribution in [3.8, 4) is 28.5 Å². The summed E-state index contributed by atoms with van der Waals surface area (Å²) in [6, 6.07) is 27.1. The number of aromatic nitrogens is 2. The number of nitrogens with zero attached hydrogens (tertiary/aromatic N) is 3. The molecule has 126 valence electrons. The molecule has 1 unspecified atom stereocenters. The van der Waals surface area contributed by atoms with Crippen molar-refractivity contribution in [2.45, 2.75) is 19.8 Å². The smallest absolute Gasteiger partial charge is 0.137 e. The van der Waals surface area contributed by atoms with Gasteiger partial charge in [0.05, 0.1) is 23.4 Å². The molecule has 4 aromatic rings. The molecule has 0 spiro atoms. The van der Waals surface area contributed by atoms with E-state index < -0.39 is 0 Å². The first-order valence-electron chi connectivity index (χ1n) is 8.72. The second-order valence-electron chi connectivity index (χ2n) is 6.50. The molecule has 1 atom stereocenters. The Bertz CT molecular complexity index is 1100. The fraction of sp³-hybridized carbons (Fsp3) is 0.130. The van der Waals surface area contributed by atoms with E-state index in [4.69, 9.17) is 4.98 Å².